The molecule has 0 fully saturated rings. The highest BCUT2D eigenvalue weighted by Gasteiger charge is 2.20. The normalized spacial score (nSPS) is 12.6. The highest BCUT2D eigenvalue weighted by atomic mass is 16.4. The molecule has 0 aliphatic rings. The molecule has 0 aliphatic heterocycles. The molecule has 4 heteroatoms. The second-order valence-electron chi connectivity index (χ2n) is 7.47. The van der Waals surface area contributed by atoms with Crippen molar-refractivity contribution in [2.24, 2.45) is 5.92 Å². The highest BCUT2D eigenvalue weighted by molar-refractivity contribution is 5.81. The summed E-state index contributed by atoms with van der Waals surface area (Å²) in [4.78, 5) is 11.9. The quantitative estimate of drug-likeness (QED) is 0.623. The van der Waals surface area contributed by atoms with Crippen LogP contribution in [0.2, 0.25) is 0 Å². The van der Waals surface area contributed by atoms with Crippen molar-refractivity contribution < 1.29 is 14.8 Å². The van der Waals surface area contributed by atoms with Gasteiger partial charge >= 0.3 is 5.63 Å². The summed E-state index contributed by atoms with van der Waals surface area (Å²) in [6, 6.07) is 15.7. The smallest absolute Gasteiger partial charge is 0.336 e. The van der Waals surface area contributed by atoms with E-state index in [1.54, 1.807) is 18.2 Å². The Labute approximate surface area is 159 Å². The second kappa shape index (κ2) is 8.40. The lowest BCUT2D eigenvalue weighted by Gasteiger charge is -2.20. The third-order valence-electron chi connectivity index (χ3n) is 5.03. The predicted molar refractivity (Wildman–Crippen MR) is 108 cm³/mol. The molecule has 0 spiro atoms. The van der Waals surface area contributed by atoms with Gasteiger partial charge in [-0.05, 0) is 24.1 Å². The number of fused-ring (bicyclic) bond motifs is 1. The van der Waals surface area contributed by atoms with E-state index in [1.165, 1.54) is 17.2 Å². The number of hydrogen-bond acceptors (Lipinski definition) is 3. The van der Waals surface area contributed by atoms with Gasteiger partial charge in [0.2, 0.25) is 0 Å². The van der Waals surface area contributed by atoms with Gasteiger partial charge in [-0.3, -0.25) is 0 Å². The van der Waals surface area contributed by atoms with Crippen LogP contribution >= 0.6 is 0 Å². The highest BCUT2D eigenvalue weighted by Crippen LogP contribution is 2.22. The van der Waals surface area contributed by atoms with Crippen LogP contribution in [0, 0.1) is 5.92 Å². The second-order valence-corrected chi connectivity index (χ2v) is 7.47. The standard InChI is InChI=1S/C23H27NO3/c1-4-5-16-6-8-17(9-7-16)23(15(2)3)24-14-18-12-22(26)27-21-13-19(25)10-11-20(18)21/h6-13,15,23-25H,4-5,14H2,1-3H3/p+1/t23-/m1/s1. The maximum atomic E-state index is 11.9. The molecule has 3 N–H and O–H groups in total. The van der Waals surface area contributed by atoms with Crippen molar-refractivity contribution >= 4 is 11.0 Å². The molecule has 1 heterocycles. The van der Waals surface area contributed by atoms with E-state index in [0.29, 0.717) is 24.1 Å². The minimum absolute atomic E-state index is 0.0963. The summed E-state index contributed by atoms with van der Waals surface area (Å²) in [7, 11) is 0. The molecule has 3 rings (SSSR count). The number of nitrogens with two attached hydrogens (primary N) is 1. The van der Waals surface area contributed by atoms with Crippen LogP contribution in [0.1, 0.15) is 49.9 Å². The van der Waals surface area contributed by atoms with Crippen LogP contribution in [0.3, 0.4) is 0 Å². The Morgan fingerprint density at radius 1 is 1.07 bits per heavy atom. The molecule has 0 amide bonds. The monoisotopic (exact) mass is 366 g/mol. The zero-order valence-electron chi connectivity index (χ0n) is 16.2. The summed E-state index contributed by atoms with van der Waals surface area (Å²) in [5.74, 6) is 0.552. The molecule has 1 aromatic heterocycles. The Kier molecular flexibility index (Phi) is 5.97. The van der Waals surface area contributed by atoms with Crippen LogP contribution < -0.4 is 10.9 Å². The number of aryl methyl sites for hydroxylation is 1. The van der Waals surface area contributed by atoms with E-state index in [0.717, 1.165) is 23.8 Å². The SMILES string of the molecule is CCCc1ccc([C@H]([NH2+]Cc2cc(=O)oc3cc(O)ccc23)C(C)C)cc1. The summed E-state index contributed by atoms with van der Waals surface area (Å²) in [6.45, 7) is 7.30. The molecule has 0 radical (unpaired) electrons. The Morgan fingerprint density at radius 3 is 2.48 bits per heavy atom. The number of hydrogen-bond donors (Lipinski definition) is 2. The van der Waals surface area contributed by atoms with Crippen molar-refractivity contribution in [1.82, 2.24) is 0 Å². The Bertz CT molecular complexity index is 958. The first-order chi connectivity index (χ1) is 13.0. The Morgan fingerprint density at radius 2 is 1.81 bits per heavy atom. The molecule has 1 atom stereocenters. The first-order valence-corrected chi connectivity index (χ1v) is 9.66. The summed E-state index contributed by atoms with van der Waals surface area (Å²) >= 11 is 0. The molecular weight excluding hydrogens is 338 g/mol. The van der Waals surface area contributed by atoms with E-state index in [1.807, 2.05) is 0 Å². The van der Waals surface area contributed by atoms with Crippen LogP contribution in [0.15, 0.2) is 57.7 Å². The van der Waals surface area contributed by atoms with Gasteiger partial charge in [0.05, 0.1) is 0 Å². The fourth-order valence-corrected chi connectivity index (χ4v) is 3.63. The zero-order chi connectivity index (χ0) is 19.4. The van der Waals surface area contributed by atoms with Gasteiger partial charge in [-0.15, -0.1) is 0 Å². The molecule has 0 bridgehead atoms. The van der Waals surface area contributed by atoms with E-state index in [9.17, 15) is 9.90 Å². The topological polar surface area (TPSA) is 67.0 Å². The van der Waals surface area contributed by atoms with Gasteiger partial charge in [-0.2, -0.15) is 0 Å². The number of quaternary nitrogens is 1. The third kappa shape index (κ3) is 4.58. The van der Waals surface area contributed by atoms with Crippen molar-refractivity contribution in [2.45, 2.75) is 46.2 Å². The fraction of sp³-hybridized carbons (Fsp3) is 0.348. The molecule has 0 saturated heterocycles. The van der Waals surface area contributed by atoms with E-state index in [-0.39, 0.29) is 11.4 Å². The van der Waals surface area contributed by atoms with E-state index in [2.05, 4.69) is 50.4 Å². The predicted octanol–water partition coefficient (Wildman–Crippen LogP) is 3.91. The Hall–Kier alpha value is -2.59. The van der Waals surface area contributed by atoms with Crippen molar-refractivity contribution in [3.05, 3.63) is 75.6 Å². The van der Waals surface area contributed by atoms with E-state index < -0.39 is 0 Å². The molecule has 0 aliphatic carbocycles. The largest absolute Gasteiger partial charge is 0.508 e. The molecule has 2 aromatic carbocycles. The van der Waals surface area contributed by atoms with Gasteiger partial charge in [0.15, 0.2) is 0 Å². The van der Waals surface area contributed by atoms with Gasteiger partial charge in [-0.1, -0.05) is 51.5 Å². The summed E-state index contributed by atoms with van der Waals surface area (Å²) in [5, 5.41) is 12.8. The van der Waals surface area contributed by atoms with Crippen molar-refractivity contribution in [3.63, 3.8) is 0 Å². The van der Waals surface area contributed by atoms with Crippen LogP contribution in [-0.2, 0) is 13.0 Å². The first kappa shape index (κ1) is 19.2. The van der Waals surface area contributed by atoms with Crippen LogP contribution in [0.5, 0.6) is 5.75 Å². The zero-order valence-corrected chi connectivity index (χ0v) is 16.2. The molecule has 0 unspecified atom stereocenters. The van der Waals surface area contributed by atoms with E-state index >= 15 is 0 Å². The Balaban J connectivity index is 1.84. The van der Waals surface area contributed by atoms with Gasteiger partial charge in [0.1, 0.15) is 23.9 Å². The average molecular weight is 366 g/mol. The molecule has 3 aromatic rings. The lowest BCUT2D eigenvalue weighted by Crippen LogP contribution is -2.84. The maximum absolute atomic E-state index is 11.9. The number of benzene rings is 2. The average Bonchev–Trinajstić information content (AvgIpc) is 2.62. The van der Waals surface area contributed by atoms with Gasteiger partial charge in [0, 0.05) is 34.6 Å². The summed E-state index contributed by atoms with van der Waals surface area (Å²) in [6.07, 6.45) is 2.26. The molecule has 4 nitrogen and oxygen atoms in total. The lowest BCUT2D eigenvalue weighted by atomic mass is 9.94. The number of phenolic OH excluding ortho intramolecular Hbond substituents is 1. The summed E-state index contributed by atoms with van der Waals surface area (Å²) in [5.41, 5.74) is 3.64. The van der Waals surface area contributed by atoms with Crippen LogP contribution in [-0.4, -0.2) is 5.11 Å². The minimum atomic E-state index is -0.387. The van der Waals surface area contributed by atoms with Crippen molar-refractivity contribution in [2.75, 3.05) is 0 Å². The molecule has 0 saturated carbocycles. The number of aromatic hydroxyl groups is 1. The molecular formula is C23H28NO3+. The van der Waals surface area contributed by atoms with Crippen molar-refractivity contribution in [3.8, 4) is 5.75 Å². The van der Waals surface area contributed by atoms with Crippen molar-refractivity contribution in [1.29, 1.82) is 0 Å². The molecule has 142 valence electrons. The number of rotatable bonds is 7. The van der Waals surface area contributed by atoms with E-state index in [4.69, 9.17) is 4.42 Å². The minimum Gasteiger partial charge on any atom is -0.508 e. The number of phenols is 1. The summed E-state index contributed by atoms with van der Waals surface area (Å²) < 4.78 is 5.23. The maximum Gasteiger partial charge on any atom is 0.336 e. The van der Waals surface area contributed by atoms with Crippen LogP contribution in [0.4, 0.5) is 0 Å². The fourth-order valence-electron chi connectivity index (χ4n) is 3.63. The van der Waals surface area contributed by atoms with Gasteiger partial charge in [-0.25, -0.2) is 4.79 Å². The lowest BCUT2D eigenvalue weighted by molar-refractivity contribution is -0.717. The van der Waals surface area contributed by atoms with Crippen LogP contribution in [0.25, 0.3) is 11.0 Å². The van der Waals surface area contributed by atoms with Gasteiger partial charge < -0.3 is 14.8 Å². The third-order valence-corrected chi connectivity index (χ3v) is 5.03. The first-order valence-electron chi connectivity index (χ1n) is 9.66. The van der Waals surface area contributed by atoms with Gasteiger partial charge in [0.25, 0.3) is 0 Å². The molecule has 27 heavy (non-hydrogen) atoms.